The second kappa shape index (κ2) is 6.41. The number of hydrogen-bond donors (Lipinski definition) is 1. The average molecular weight is 156 g/mol. The Balaban J connectivity index is 3.37. The summed E-state index contributed by atoms with van der Waals surface area (Å²) in [5.41, 5.74) is 1.45. The van der Waals surface area contributed by atoms with E-state index < -0.39 is 0 Å². The summed E-state index contributed by atoms with van der Waals surface area (Å²) in [4.78, 5) is 0. The molecule has 0 aromatic rings. The van der Waals surface area contributed by atoms with Gasteiger partial charge >= 0.3 is 0 Å². The number of rotatable bonds is 5. The summed E-state index contributed by atoms with van der Waals surface area (Å²) >= 11 is 0. The van der Waals surface area contributed by atoms with Crippen LogP contribution in [0, 0.1) is 5.92 Å². The summed E-state index contributed by atoms with van der Waals surface area (Å²) in [5.74, 6) is 0.662. The molecule has 0 saturated carbocycles. The maximum Gasteiger partial charge on any atom is 0.0433 e. The van der Waals surface area contributed by atoms with Crippen LogP contribution in [0.3, 0.4) is 0 Å². The third kappa shape index (κ3) is 6.11. The van der Waals surface area contributed by atoms with Crippen molar-refractivity contribution in [2.45, 2.75) is 40.0 Å². The van der Waals surface area contributed by atoms with Gasteiger partial charge in [0.25, 0.3) is 0 Å². The molecule has 0 rings (SSSR count). The number of aliphatic hydroxyl groups is 1. The predicted octanol–water partition coefficient (Wildman–Crippen LogP) is 2.75. The third-order valence-corrected chi connectivity index (χ3v) is 2.15. The zero-order chi connectivity index (χ0) is 8.69. The van der Waals surface area contributed by atoms with E-state index in [1.165, 1.54) is 18.4 Å². The Morgan fingerprint density at radius 2 is 2.09 bits per heavy atom. The largest absolute Gasteiger partial charge is 0.396 e. The molecule has 0 radical (unpaired) electrons. The zero-order valence-electron chi connectivity index (χ0n) is 7.93. The molecule has 0 fully saturated rings. The molecule has 0 bridgehead atoms. The summed E-state index contributed by atoms with van der Waals surface area (Å²) in [5, 5.41) is 8.64. The average Bonchev–Trinajstić information content (AvgIpc) is 2.01. The Kier molecular flexibility index (Phi) is 6.24. The van der Waals surface area contributed by atoms with Gasteiger partial charge < -0.3 is 5.11 Å². The summed E-state index contributed by atoms with van der Waals surface area (Å²) in [6.45, 7) is 6.76. The van der Waals surface area contributed by atoms with Gasteiger partial charge in [0.2, 0.25) is 0 Å². The van der Waals surface area contributed by atoms with Crippen LogP contribution in [-0.4, -0.2) is 11.7 Å². The second-order valence-electron chi connectivity index (χ2n) is 3.29. The van der Waals surface area contributed by atoms with Gasteiger partial charge in [-0.3, -0.25) is 0 Å². The van der Waals surface area contributed by atoms with Crippen LogP contribution in [0.1, 0.15) is 40.0 Å². The Hall–Kier alpha value is -0.300. The molecule has 11 heavy (non-hydrogen) atoms. The molecule has 0 aliphatic heterocycles. The van der Waals surface area contributed by atoms with Gasteiger partial charge in [-0.2, -0.15) is 0 Å². The highest BCUT2D eigenvalue weighted by molar-refractivity contribution is 4.95. The van der Waals surface area contributed by atoms with Crippen LogP contribution in [0.15, 0.2) is 11.6 Å². The first-order chi connectivity index (χ1) is 5.20. The van der Waals surface area contributed by atoms with E-state index in [9.17, 15) is 0 Å². The molecule has 0 saturated heterocycles. The third-order valence-electron chi connectivity index (χ3n) is 2.15. The van der Waals surface area contributed by atoms with Crippen LogP contribution in [0.2, 0.25) is 0 Å². The Bertz CT molecular complexity index is 116. The van der Waals surface area contributed by atoms with Crippen molar-refractivity contribution in [3.05, 3.63) is 11.6 Å². The predicted molar refractivity (Wildman–Crippen MR) is 49.5 cm³/mol. The van der Waals surface area contributed by atoms with Crippen molar-refractivity contribution in [2.24, 2.45) is 5.92 Å². The molecule has 0 spiro atoms. The van der Waals surface area contributed by atoms with E-state index in [-0.39, 0.29) is 0 Å². The Morgan fingerprint density at radius 1 is 1.45 bits per heavy atom. The van der Waals surface area contributed by atoms with E-state index in [4.69, 9.17) is 5.11 Å². The van der Waals surface area contributed by atoms with Gasteiger partial charge in [0.15, 0.2) is 0 Å². The van der Waals surface area contributed by atoms with E-state index in [1.54, 1.807) is 0 Å². The van der Waals surface area contributed by atoms with Gasteiger partial charge in [0.1, 0.15) is 0 Å². The fourth-order valence-electron chi connectivity index (χ4n) is 0.983. The van der Waals surface area contributed by atoms with Crippen molar-refractivity contribution >= 4 is 0 Å². The second-order valence-corrected chi connectivity index (χ2v) is 3.29. The van der Waals surface area contributed by atoms with Crippen LogP contribution >= 0.6 is 0 Å². The van der Waals surface area contributed by atoms with Gasteiger partial charge in [-0.1, -0.05) is 18.6 Å². The van der Waals surface area contributed by atoms with Crippen molar-refractivity contribution in [1.82, 2.24) is 0 Å². The van der Waals surface area contributed by atoms with Gasteiger partial charge in [-0.05, 0) is 39.0 Å². The zero-order valence-corrected chi connectivity index (χ0v) is 7.93. The molecule has 0 aliphatic carbocycles. The maximum atomic E-state index is 8.64. The fraction of sp³-hybridized carbons (Fsp3) is 0.800. The smallest absolute Gasteiger partial charge is 0.0433 e. The lowest BCUT2D eigenvalue weighted by Gasteiger charge is -2.08. The van der Waals surface area contributed by atoms with Gasteiger partial charge in [0, 0.05) is 6.61 Å². The molecular weight excluding hydrogens is 136 g/mol. The molecule has 1 N–H and O–H groups in total. The highest BCUT2D eigenvalue weighted by Crippen LogP contribution is 2.13. The molecule has 0 aromatic heterocycles. The topological polar surface area (TPSA) is 20.2 Å². The molecule has 0 aromatic carbocycles. The summed E-state index contributed by atoms with van der Waals surface area (Å²) < 4.78 is 0. The van der Waals surface area contributed by atoms with Crippen molar-refractivity contribution < 1.29 is 5.11 Å². The van der Waals surface area contributed by atoms with E-state index in [2.05, 4.69) is 26.8 Å². The van der Waals surface area contributed by atoms with Crippen molar-refractivity contribution in [3.8, 4) is 0 Å². The lowest BCUT2D eigenvalue weighted by molar-refractivity contribution is 0.258. The first-order valence-electron chi connectivity index (χ1n) is 4.43. The standard InChI is InChI=1S/C10H20O/c1-4-9(2)5-6-10(3)7-8-11/h4,10-11H,5-8H2,1-3H3/b9-4+. The first kappa shape index (κ1) is 10.7. The van der Waals surface area contributed by atoms with Gasteiger partial charge in [-0.15, -0.1) is 0 Å². The van der Waals surface area contributed by atoms with Crippen molar-refractivity contribution in [3.63, 3.8) is 0 Å². The Labute approximate surface area is 70.1 Å². The first-order valence-corrected chi connectivity index (χ1v) is 4.43. The lowest BCUT2D eigenvalue weighted by Crippen LogP contribution is -1.97. The molecule has 1 unspecified atom stereocenters. The molecule has 1 heteroatoms. The van der Waals surface area contributed by atoms with Crippen molar-refractivity contribution in [2.75, 3.05) is 6.61 Å². The van der Waals surface area contributed by atoms with Crippen LogP contribution < -0.4 is 0 Å². The molecule has 0 heterocycles. The molecule has 66 valence electrons. The fourth-order valence-corrected chi connectivity index (χ4v) is 0.983. The minimum Gasteiger partial charge on any atom is -0.396 e. The van der Waals surface area contributed by atoms with E-state index in [0.29, 0.717) is 12.5 Å². The van der Waals surface area contributed by atoms with Crippen LogP contribution in [0.4, 0.5) is 0 Å². The van der Waals surface area contributed by atoms with E-state index >= 15 is 0 Å². The van der Waals surface area contributed by atoms with Crippen molar-refractivity contribution in [1.29, 1.82) is 0 Å². The molecule has 1 atom stereocenters. The summed E-state index contributed by atoms with van der Waals surface area (Å²) in [6, 6.07) is 0. The van der Waals surface area contributed by atoms with Crippen LogP contribution in [0.5, 0.6) is 0 Å². The van der Waals surface area contributed by atoms with Crippen LogP contribution in [-0.2, 0) is 0 Å². The summed E-state index contributed by atoms with van der Waals surface area (Å²) in [7, 11) is 0. The van der Waals surface area contributed by atoms with E-state index in [1.807, 2.05) is 0 Å². The van der Waals surface area contributed by atoms with E-state index in [0.717, 1.165) is 6.42 Å². The van der Waals surface area contributed by atoms with Gasteiger partial charge in [0.05, 0.1) is 0 Å². The minimum atomic E-state index is 0.329. The Morgan fingerprint density at radius 3 is 2.55 bits per heavy atom. The normalized spacial score (nSPS) is 15.1. The molecule has 0 aliphatic rings. The van der Waals surface area contributed by atoms with Gasteiger partial charge in [-0.25, -0.2) is 0 Å². The number of hydrogen-bond acceptors (Lipinski definition) is 1. The SMILES string of the molecule is C/C=C(\C)CCC(C)CCO. The maximum absolute atomic E-state index is 8.64. The number of aliphatic hydroxyl groups excluding tert-OH is 1. The highest BCUT2D eigenvalue weighted by Gasteiger charge is 2.00. The quantitative estimate of drug-likeness (QED) is 0.607. The summed E-state index contributed by atoms with van der Waals surface area (Å²) in [6.07, 6.45) is 5.48. The molecule has 1 nitrogen and oxygen atoms in total. The van der Waals surface area contributed by atoms with Crippen LogP contribution in [0.25, 0.3) is 0 Å². The molecular formula is C10H20O. The monoisotopic (exact) mass is 156 g/mol. The molecule has 0 amide bonds. The number of allylic oxidation sites excluding steroid dienone is 2. The lowest BCUT2D eigenvalue weighted by atomic mass is 9.99. The highest BCUT2D eigenvalue weighted by atomic mass is 16.2. The minimum absolute atomic E-state index is 0.329.